The van der Waals surface area contributed by atoms with Crippen LogP contribution in [0, 0.1) is 17.1 Å². The van der Waals surface area contributed by atoms with Crippen LogP contribution in [0.5, 0.6) is 5.75 Å². The molecule has 0 spiro atoms. The molecular formula is C51H31FN4O. The third-order valence-corrected chi connectivity index (χ3v) is 10.6. The first kappa shape index (κ1) is 33.8. The number of halogens is 1. The molecule has 8 aromatic carbocycles. The van der Waals surface area contributed by atoms with Crippen LogP contribution in [0.3, 0.4) is 0 Å². The van der Waals surface area contributed by atoms with Crippen LogP contribution in [0.1, 0.15) is 22.3 Å². The molecule has 9 aromatic rings. The zero-order valence-electron chi connectivity index (χ0n) is 30.5. The molecule has 0 saturated heterocycles. The Morgan fingerprint density at radius 3 is 1.84 bits per heavy atom. The summed E-state index contributed by atoms with van der Waals surface area (Å²) in [5.41, 5.74) is 7.59. The number of ether oxygens (including phenoxy) is 1. The Kier molecular flexibility index (Phi) is 8.20. The van der Waals surface area contributed by atoms with Gasteiger partial charge in [-0.1, -0.05) is 152 Å². The predicted octanol–water partition coefficient (Wildman–Crippen LogP) is 12.1. The van der Waals surface area contributed by atoms with Gasteiger partial charge in [-0.2, -0.15) is 5.26 Å². The number of nitrogens with zero attached hydrogens (tertiary/aromatic N) is 4. The molecule has 0 atom stereocenters. The van der Waals surface area contributed by atoms with Gasteiger partial charge in [0.25, 0.3) is 0 Å². The zero-order chi connectivity index (χ0) is 38.3. The van der Waals surface area contributed by atoms with Crippen molar-refractivity contribution in [2.45, 2.75) is 5.60 Å². The van der Waals surface area contributed by atoms with Gasteiger partial charge >= 0.3 is 0 Å². The number of nitriles is 1. The zero-order valence-corrected chi connectivity index (χ0v) is 30.5. The highest BCUT2D eigenvalue weighted by atomic mass is 19.1. The summed E-state index contributed by atoms with van der Waals surface area (Å²) in [6.07, 6.45) is 0. The number of fused-ring (bicyclic) bond motifs is 4. The van der Waals surface area contributed by atoms with Crippen molar-refractivity contribution >= 4 is 10.8 Å². The summed E-state index contributed by atoms with van der Waals surface area (Å²) in [4.78, 5) is 15.0. The van der Waals surface area contributed by atoms with E-state index in [0.717, 1.165) is 60.8 Å². The number of rotatable bonds is 6. The van der Waals surface area contributed by atoms with Gasteiger partial charge in [0.1, 0.15) is 11.6 Å². The minimum Gasteiger partial charge on any atom is -0.472 e. The Hall–Kier alpha value is -7.75. The SMILES string of the molecule is N#Cc1cc(-c2ccc3c(c2)OC(c2ccccc2)(c2ccccc2)c2ccc(F)cc2-3)cc(-c2nc(-c3ccccc3)nc(-c3cccc4ccccc34)n2)c1. The molecule has 0 radical (unpaired) electrons. The molecule has 1 aliphatic rings. The van der Waals surface area contributed by atoms with Crippen LogP contribution in [0.15, 0.2) is 188 Å². The van der Waals surface area contributed by atoms with Crippen molar-refractivity contribution < 1.29 is 9.13 Å². The van der Waals surface area contributed by atoms with Gasteiger partial charge in [-0.25, -0.2) is 19.3 Å². The Morgan fingerprint density at radius 1 is 0.474 bits per heavy atom. The minimum absolute atomic E-state index is 0.331. The summed E-state index contributed by atoms with van der Waals surface area (Å²) in [6.45, 7) is 0. The molecule has 0 N–H and O–H groups in total. The summed E-state index contributed by atoms with van der Waals surface area (Å²) >= 11 is 0. The first-order chi connectivity index (χ1) is 28.1. The van der Waals surface area contributed by atoms with E-state index in [-0.39, 0.29) is 5.82 Å². The quantitative estimate of drug-likeness (QED) is 0.170. The van der Waals surface area contributed by atoms with Crippen LogP contribution < -0.4 is 4.74 Å². The molecule has 5 nitrogen and oxygen atoms in total. The third-order valence-electron chi connectivity index (χ3n) is 10.6. The van der Waals surface area contributed by atoms with Crippen molar-refractivity contribution in [2.75, 3.05) is 0 Å². The second kappa shape index (κ2) is 13.8. The van der Waals surface area contributed by atoms with E-state index >= 15 is 4.39 Å². The van der Waals surface area contributed by atoms with Crippen molar-refractivity contribution in [2.24, 2.45) is 0 Å². The molecule has 1 aliphatic heterocycles. The van der Waals surface area contributed by atoms with Gasteiger partial charge in [0.15, 0.2) is 23.1 Å². The Balaban J connectivity index is 1.15. The molecule has 6 heteroatoms. The van der Waals surface area contributed by atoms with E-state index in [1.165, 1.54) is 6.07 Å². The summed E-state index contributed by atoms with van der Waals surface area (Å²) in [7, 11) is 0. The molecule has 0 amide bonds. The highest BCUT2D eigenvalue weighted by Crippen LogP contribution is 2.52. The van der Waals surface area contributed by atoms with E-state index in [0.29, 0.717) is 34.3 Å². The normalized spacial score (nSPS) is 12.6. The van der Waals surface area contributed by atoms with Gasteiger partial charge in [0.05, 0.1) is 11.6 Å². The lowest BCUT2D eigenvalue weighted by atomic mass is 9.75. The fraction of sp³-hybridized carbons (Fsp3) is 0.0196. The number of hydrogen-bond donors (Lipinski definition) is 0. The van der Waals surface area contributed by atoms with Crippen LogP contribution in [0.25, 0.3) is 67.2 Å². The Bertz CT molecular complexity index is 2970. The number of aromatic nitrogens is 3. The highest BCUT2D eigenvalue weighted by Gasteiger charge is 2.44. The lowest BCUT2D eigenvalue weighted by Crippen LogP contribution is -2.38. The van der Waals surface area contributed by atoms with Crippen LogP contribution in [-0.2, 0) is 5.60 Å². The van der Waals surface area contributed by atoms with Crippen LogP contribution in [0.2, 0.25) is 0 Å². The van der Waals surface area contributed by atoms with E-state index in [2.05, 4.69) is 24.3 Å². The van der Waals surface area contributed by atoms with Crippen LogP contribution in [0.4, 0.5) is 4.39 Å². The molecule has 10 rings (SSSR count). The van der Waals surface area contributed by atoms with Crippen molar-refractivity contribution in [3.8, 4) is 68.2 Å². The number of hydrogen-bond acceptors (Lipinski definition) is 5. The van der Waals surface area contributed by atoms with Crippen molar-refractivity contribution in [1.29, 1.82) is 5.26 Å². The molecule has 0 unspecified atom stereocenters. The van der Waals surface area contributed by atoms with Gasteiger partial charge in [-0.3, -0.25) is 0 Å². The smallest absolute Gasteiger partial charge is 0.185 e. The fourth-order valence-electron chi connectivity index (χ4n) is 7.97. The highest BCUT2D eigenvalue weighted by molar-refractivity contribution is 5.95. The van der Waals surface area contributed by atoms with Crippen molar-refractivity contribution in [1.82, 2.24) is 15.0 Å². The molecule has 268 valence electrons. The topological polar surface area (TPSA) is 71.7 Å². The average Bonchev–Trinajstić information content (AvgIpc) is 3.28. The number of benzene rings is 8. The van der Waals surface area contributed by atoms with Crippen LogP contribution >= 0.6 is 0 Å². The summed E-state index contributed by atoms with van der Waals surface area (Å²) in [5, 5.41) is 12.5. The molecule has 0 fully saturated rings. The van der Waals surface area contributed by atoms with Crippen molar-refractivity contribution in [3.63, 3.8) is 0 Å². The van der Waals surface area contributed by atoms with Crippen LogP contribution in [-0.4, -0.2) is 15.0 Å². The fourth-order valence-corrected chi connectivity index (χ4v) is 7.97. The molecule has 0 saturated carbocycles. The first-order valence-electron chi connectivity index (χ1n) is 18.7. The first-order valence-corrected chi connectivity index (χ1v) is 18.7. The Labute approximate surface area is 329 Å². The lowest BCUT2D eigenvalue weighted by molar-refractivity contribution is 0.152. The lowest BCUT2D eigenvalue weighted by Gasteiger charge is -2.41. The maximum absolute atomic E-state index is 15.1. The third kappa shape index (κ3) is 5.90. The monoisotopic (exact) mass is 734 g/mol. The van der Waals surface area contributed by atoms with Gasteiger partial charge in [-0.05, 0) is 63.9 Å². The van der Waals surface area contributed by atoms with Crippen molar-refractivity contribution in [3.05, 3.63) is 216 Å². The molecule has 0 aliphatic carbocycles. The second-order valence-corrected chi connectivity index (χ2v) is 14.0. The van der Waals surface area contributed by atoms with Gasteiger partial charge in [0, 0.05) is 38.9 Å². The summed E-state index contributed by atoms with van der Waals surface area (Å²) in [5.74, 6) is 1.76. The van der Waals surface area contributed by atoms with E-state index in [4.69, 9.17) is 19.7 Å². The van der Waals surface area contributed by atoms with Gasteiger partial charge in [0.2, 0.25) is 0 Å². The van der Waals surface area contributed by atoms with E-state index in [9.17, 15) is 5.26 Å². The maximum atomic E-state index is 15.1. The Morgan fingerprint density at radius 2 is 1.11 bits per heavy atom. The summed E-state index contributed by atoms with van der Waals surface area (Å²) in [6, 6.07) is 63.0. The average molecular weight is 735 g/mol. The molecule has 0 bridgehead atoms. The standard InChI is InChI=1S/C51H31FN4O/c52-41-24-26-46-45(31-41)43-25-23-36(30-47(43)57-51(46,39-17-6-2-7-18-39)40-19-8-3-9-20-40)37-27-33(32-53)28-38(29-37)49-54-48(35-14-4-1-5-15-35)55-50(56-49)44-22-12-16-34-13-10-11-21-42(34)44/h1-31H. The molecule has 57 heavy (non-hydrogen) atoms. The molecule has 1 aromatic heterocycles. The van der Waals surface area contributed by atoms with E-state index in [1.54, 1.807) is 6.07 Å². The van der Waals surface area contributed by atoms with E-state index < -0.39 is 5.60 Å². The summed E-state index contributed by atoms with van der Waals surface area (Å²) < 4.78 is 22.4. The maximum Gasteiger partial charge on any atom is 0.185 e. The van der Waals surface area contributed by atoms with Gasteiger partial charge in [-0.15, -0.1) is 0 Å². The second-order valence-electron chi connectivity index (χ2n) is 14.0. The molecular weight excluding hydrogens is 704 g/mol. The predicted molar refractivity (Wildman–Crippen MR) is 223 cm³/mol. The van der Waals surface area contributed by atoms with Gasteiger partial charge < -0.3 is 4.74 Å². The largest absolute Gasteiger partial charge is 0.472 e. The molecule has 2 heterocycles. The minimum atomic E-state index is -1.06. The van der Waals surface area contributed by atoms with E-state index in [1.807, 2.05) is 158 Å².